The lowest BCUT2D eigenvalue weighted by atomic mass is 10.1. The number of nitrogens with zero attached hydrogens (tertiary/aromatic N) is 1. The minimum absolute atomic E-state index is 1.11. The average Bonchev–Trinajstić information content (AvgIpc) is 2.73. The molecule has 0 amide bonds. The van der Waals surface area contributed by atoms with Crippen LogP contribution in [0.4, 0.5) is 5.69 Å². The number of aryl methyl sites for hydroxylation is 1. The largest absolute Gasteiger partial charge is 0.388 e. The van der Waals surface area contributed by atoms with Gasteiger partial charge in [0.25, 0.3) is 0 Å². The van der Waals surface area contributed by atoms with E-state index in [1.54, 1.807) is 0 Å². The van der Waals surface area contributed by atoms with Crippen molar-refractivity contribution in [2.75, 3.05) is 25.5 Å². The van der Waals surface area contributed by atoms with Crippen molar-refractivity contribution in [1.82, 2.24) is 4.90 Å². The molecule has 1 heterocycles. The van der Waals surface area contributed by atoms with E-state index in [9.17, 15) is 0 Å². The third-order valence-electron chi connectivity index (χ3n) is 3.18. The molecule has 1 fully saturated rings. The highest BCUT2D eigenvalue weighted by Gasteiger charge is 2.11. The van der Waals surface area contributed by atoms with Crippen molar-refractivity contribution in [3.05, 3.63) is 29.3 Å². The van der Waals surface area contributed by atoms with Gasteiger partial charge in [-0.25, -0.2) is 0 Å². The first-order chi connectivity index (χ1) is 7.29. The molecule has 1 N–H and O–H groups in total. The van der Waals surface area contributed by atoms with Gasteiger partial charge >= 0.3 is 0 Å². The molecule has 82 valence electrons. The van der Waals surface area contributed by atoms with Crippen LogP contribution >= 0.6 is 0 Å². The number of hydrogen-bond donors (Lipinski definition) is 1. The molecule has 1 aromatic carbocycles. The Kier molecular flexibility index (Phi) is 3.27. The maximum absolute atomic E-state index is 3.24. The van der Waals surface area contributed by atoms with Gasteiger partial charge in [-0.1, -0.05) is 12.1 Å². The van der Waals surface area contributed by atoms with Gasteiger partial charge in [0.2, 0.25) is 0 Å². The van der Waals surface area contributed by atoms with Crippen LogP contribution < -0.4 is 5.32 Å². The Bertz CT molecular complexity index is 327. The summed E-state index contributed by atoms with van der Waals surface area (Å²) in [5.41, 5.74) is 4.00. The minimum atomic E-state index is 1.11. The van der Waals surface area contributed by atoms with Gasteiger partial charge in [0.1, 0.15) is 0 Å². The lowest BCUT2D eigenvalue weighted by Gasteiger charge is -2.16. The fourth-order valence-corrected chi connectivity index (χ4v) is 2.24. The third-order valence-corrected chi connectivity index (χ3v) is 3.18. The zero-order valence-electron chi connectivity index (χ0n) is 9.71. The van der Waals surface area contributed by atoms with Crippen LogP contribution in [-0.4, -0.2) is 25.0 Å². The molecule has 1 aliphatic rings. The fraction of sp³-hybridized carbons (Fsp3) is 0.538. The molecule has 2 rings (SSSR count). The second-order valence-corrected chi connectivity index (χ2v) is 4.38. The predicted molar refractivity (Wildman–Crippen MR) is 65.2 cm³/mol. The van der Waals surface area contributed by atoms with Crippen LogP contribution in [-0.2, 0) is 6.54 Å². The molecule has 1 aliphatic heterocycles. The second-order valence-electron chi connectivity index (χ2n) is 4.38. The number of rotatable bonds is 3. The first-order valence-corrected chi connectivity index (χ1v) is 5.79. The molecular weight excluding hydrogens is 184 g/mol. The van der Waals surface area contributed by atoms with E-state index < -0.39 is 0 Å². The molecule has 0 aliphatic carbocycles. The van der Waals surface area contributed by atoms with E-state index in [1.807, 2.05) is 7.05 Å². The summed E-state index contributed by atoms with van der Waals surface area (Å²) in [5, 5.41) is 3.24. The smallest absolute Gasteiger partial charge is 0.0370 e. The van der Waals surface area contributed by atoms with Crippen LogP contribution in [0, 0.1) is 6.92 Å². The van der Waals surface area contributed by atoms with Gasteiger partial charge in [0.05, 0.1) is 0 Å². The van der Waals surface area contributed by atoms with Gasteiger partial charge in [-0.15, -0.1) is 0 Å². The first-order valence-electron chi connectivity index (χ1n) is 5.79. The van der Waals surface area contributed by atoms with E-state index in [1.165, 1.54) is 42.7 Å². The lowest BCUT2D eigenvalue weighted by molar-refractivity contribution is 0.331. The van der Waals surface area contributed by atoms with E-state index >= 15 is 0 Å². The molecule has 2 nitrogen and oxygen atoms in total. The Morgan fingerprint density at radius 3 is 2.67 bits per heavy atom. The summed E-state index contributed by atoms with van der Waals surface area (Å²) in [6.07, 6.45) is 2.73. The molecule has 0 radical (unpaired) electrons. The highest BCUT2D eigenvalue weighted by Crippen LogP contribution is 2.19. The van der Waals surface area contributed by atoms with E-state index in [-0.39, 0.29) is 0 Å². The van der Waals surface area contributed by atoms with Crippen LogP contribution in [0.1, 0.15) is 24.0 Å². The van der Waals surface area contributed by atoms with E-state index in [0.717, 1.165) is 6.54 Å². The van der Waals surface area contributed by atoms with Crippen molar-refractivity contribution < 1.29 is 0 Å². The second kappa shape index (κ2) is 4.67. The van der Waals surface area contributed by atoms with E-state index in [2.05, 4.69) is 35.3 Å². The predicted octanol–water partition coefficient (Wildman–Crippen LogP) is 2.63. The number of benzene rings is 1. The highest BCUT2D eigenvalue weighted by molar-refractivity contribution is 5.52. The summed E-state index contributed by atoms with van der Waals surface area (Å²) in [6.45, 7) is 5.78. The van der Waals surface area contributed by atoms with Gasteiger partial charge in [-0.2, -0.15) is 0 Å². The van der Waals surface area contributed by atoms with E-state index in [0.29, 0.717) is 0 Å². The Morgan fingerprint density at radius 1 is 1.27 bits per heavy atom. The highest BCUT2D eigenvalue weighted by atomic mass is 15.1. The molecule has 0 bridgehead atoms. The summed E-state index contributed by atoms with van der Waals surface area (Å²) in [4.78, 5) is 2.53. The van der Waals surface area contributed by atoms with Crippen LogP contribution in [0.25, 0.3) is 0 Å². The van der Waals surface area contributed by atoms with Crippen LogP contribution in [0.3, 0.4) is 0 Å². The number of likely N-dealkylation sites (tertiary alicyclic amines) is 1. The maximum atomic E-state index is 3.24. The summed E-state index contributed by atoms with van der Waals surface area (Å²) >= 11 is 0. The molecule has 0 unspecified atom stereocenters. The molecule has 0 aromatic heterocycles. The average molecular weight is 204 g/mol. The lowest BCUT2D eigenvalue weighted by Crippen LogP contribution is -2.18. The summed E-state index contributed by atoms with van der Waals surface area (Å²) in [7, 11) is 1.99. The maximum Gasteiger partial charge on any atom is 0.0370 e. The number of hydrogen-bond acceptors (Lipinski definition) is 2. The van der Waals surface area contributed by atoms with Crippen molar-refractivity contribution in [2.24, 2.45) is 0 Å². The Labute approximate surface area is 92.3 Å². The summed E-state index contributed by atoms with van der Waals surface area (Å²) in [5.74, 6) is 0. The summed E-state index contributed by atoms with van der Waals surface area (Å²) in [6, 6.07) is 6.72. The van der Waals surface area contributed by atoms with Crippen molar-refractivity contribution >= 4 is 5.69 Å². The Hall–Kier alpha value is -1.02. The molecule has 0 atom stereocenters. The minimum Gasteiger partial charge on any atom is -0.388 e. The standard InChI is InChI=1S/C13H20N2/c1-11-5-6-12(9-13(11)14-2)10-15-7-3-4-8-15/h5-6,9,14H,3-4,7-8,10H2,1-2H3. The molecule has 1 aromatic rings. The molecule has 0 saturated carbocycles. The molecule has 1 saturated heterocycles. The van der Waals surface area contributed by atoms with Crippen molar-refractivity contribution in [3.63, 3.8) is 0 Å². The third kappa shape index (κ3) is 2.51. The number of nitrogens with one attached hydrogen (secondary N) is 1. The molecular formula is C13H20N2. The SMILES string of the molecule is CNc1cc(CN2CCCC2)ccc1C. The van der Waals surface area contributed by atoms with Crippen LogP contribution in [0.5, 0.6) is 0 Å². The Morgan fingerprint density at radius 2 is 2.00 bits per heavy atom. The van der Waals surface area contributed by atoms with Gasteiger partial charge in [0, 0.05) is 19.3 Å². The van der Waals surface area contributed by atoms with Crippen LogP contribution in [0.2, 0.25) is 0 Å². The first kappa shape index (κ1) is 10.5. The van der Waals surface area contributed by atoms with Crippen molar-refractivity contribution in [3.8, 4) is 0 Å². The molecule has 15 heavy (non-hydrogen) atoms. The van der Waals surface area contributed by atoms with Crippen molar-refractivity contribution in [1.29, 1.82) is 0 Å². The van der Waals surface area contributed by atoms with Gasteiger partial charge in [-0.05, 0) is 50.0 Å². The number of anilines is 1. The summed E-state index contributed by atoms with van der Waals surface area (Å²) < 4.78 is 0. The van der Waals surface area contributed by atoms with Crippen molar-refractivity contribution in [2.45, 2.75) is 26.3 Å². The van der Waals surface area contributed by atoms with Crippen LogP contribution in [0.15, 0.2) is 18.2 Å². The molecule has 0 spiro atoms. The zero-order valence-corrected chi connectivity index (χ0v) is 9.71. The van der Waals surface area contributed by atoms with Gasteiger partial charge in [-0.3, -0.25) is 4.90 Å². The van der Waals surface area contributed by atoms with Gasteiger partial charge in [0.15, 0.2) is 0 Å². The van der Waals surface area contributed by atoms with Gasteiger partial charge < -0.3 is 5.32 Å². The topological polar surface area (TPSA) is 15.3 Å². The zero-order chi connectivity index (χ0) is 10.7. The molecule has 2 heteroatoms. The Balaban J connectivity index is 2.07. The monoisotopic (exact) mass is 204 g/mol. The quantitative estimate of drug-likeness (QED) is 0.814. The normalized spacial score (nSPS) is 16.9. The fourth-order valence-electron chi connectivity index (χ4n) is 2.24. The van der Waals surface area contributed by atoms with E-state index in [4.69, 9.17) is 0 Å².